The molecule has 0 N–H and O–H groups in total. The van der Waals surface area contributed by atoms with Gasteiger partial charge in [-0.15, -0.1) is 12.6 Å². The summed E-state index contributed by atoms with van der Waals surface area (Å²) in [5.74, 6) is -1.32. The van der Waals surface area contributed by atoms with Crippen molar-refractivity contribution in [3.05, 3.63) is 65.2 Å². The molecular formula is C21H19N3O4S. The Morgan fingerprint density at radius 3 is 1.90 bits per heavy atom. The van der Waals surface area contributed by atoms with Crippen molar-refractivity contribution in [1.29, 1.82) is 0 Å². The highest BCUT2D eigenvalue weighted by molar-refractivity contribution is 7.80. The predicted octanol–water partition coefficient (Wildman–Crippen LogP) is 1.56. The Bertz CT molecular complexity index is 979. The molecule has 2 heterocycles. The van der Waals surface area contributed by atoms with Crippen molar-refractivity contribution in [3.63, 3.8) is 0 Å². The van der Waals surface area contributed by atoms with Crippen LogP contribution in [-0.4, -0.2) is 71.1 Å². The van der Waals surface area contributed by atoms with E-state index in [0.29, 0.717) is 47.8 Å². The van der Waals surface area contributed by atoms with E-state index in [1.54, 1.807) is 52.3 Å². The Balaban J connectivity index is 1.37. The average molecular weight is 409 g/mol. The number of carbonyl (C=O) groups is 4. The van der Waals surface area contributed by atoms with Crippen LogP contribution >= 0.6 is 12.6 Å². The molecule has 2 aromatic rings. The van der Waals surface area contributed by atoms with Gasteiger partial charge in [-0.25, -0.2) is 0 Å². The fraction of sp³-hybridized carbons (Fsp3) is 0.238. The van der Waals surface area contributed by atoms with Gasteiger partial charge in [-0.2, -0.15) is 0 Å². The molecular weight excluding hydrogens is 390 g/mol. The van der Waals surface area contributed by atoms with Gasteiger partial charge in [0.15, 0.2) is 0 Å². The fourth-order valence-electron chi connectivity index (χ4n) is 3.60. The van der Waals surface area contributed by atoms with E-state index in [4.69, 9.17) is 0 Å². The number of fused-ring (bicyclic) bond motifs is 1. The lowest BCUT2D eigenvalue weighted by molar-refractivity contribution is -0.132. The highest BCUT2D eigenvalue weighted by atomic mass is 32.1. The number of rotatable bonds is 3. The molecule has 0 radical (unpaired) electrons. The first kappa shape index (κ1) is 19.2. The summed E-state index contributed by atoms with van der Waals surface area (Å²) in [4.78, 5) is 55.0. The van der Waals surface area contributed by atoms with Crippen LogP contribution in [0.5, 0.6) is 0 Å². The van der Waals surface area contributed by atoms with Gasteiger partial charge in [-0.3, -0.25) is 24.1 Å². The average Bonchev–Trinajstić information content (AvgIpc) is 2.99. The maximum atomic E-state index is 12.7. The monoisotopic (exact) mass is 409 g/mol. The number of thiol groups is 1. The van der Waals surface area contributed by atoms with Crippen LogP contribution in [0.25, 0.3) is 0 Å². The molecule has 2 aliphatic heterocycles. The molecule has 0 bridgehead atoms. The van der Waals surface area contributed by atoms with Crippen LogP contribution in [0.2, 0.25) is 0 Å². The Kier molecular flexibility index (Phi) is 5.10. The van der Waals surface area contributed by atoms with Gasteiger partial charge in [0, 0.05) is 31.1 Å². The number of hydrogen-bond donors (Lipinski definition) is 1. The third-order valence-electron chi connectivity index (χ3n) is 5.23. The van der Waals surface area contributed by atoms with Crippen molar-refractivity contribution in [2.24, 2.45) is 0 Å². The van der Waals surface area contributed by atoms with E-state index >= 15 is 0 Å². The minimum Gasteiger partial charge on any atom is -0.338 e. The predicted molar refractivity (Wildman–Crippen MR) is 108 cm³/mol. The first-order valence-corrected chi connectivity index (χ1v) is 9.72. The number of benzene rings is 2. The Morgan fingerprint density at radius 1 is 0.793 bits per heavy atom. The van der Waals surface area contributed by atoms with E-state index in [1.807, 2.05) is 6.07 Å². The van der Waals surface area contributed by atoms with Crippen LogP contribution in [0.15, 0.2) is 53.4 Å². The molecule has 0 aliphatic carbocycles. The number of hydrogen-bond acceptors (Lipinski definition) is 5. The minimum atomic E-state index is -0.446. The van der Waals surface area contributed by atoms with E-state index in [2.05, 4.69) is 12.6 Å². The Morgan fingerprint density at radius 2 is 1.31 bits per heavy atom. The van der Waals surface area contributed by atoms with Gasteiger partial charge in [0.05, 0.1) is 16.7 Å². The first-order chi connectivity index (χ1) is 14.0. The number of amides is 4. The summed E-state index contributed by atoms with van der Waals surface area (Å²) in [5, 5.41) is 0. The van der Waals surface area contributed by atoms with Gasteiger partial charge in [0.1, 0.15) is 6.54 Å². The van der Waals surface area contributed by atoms with E-state index in [-0.39, 0.29) is 18.4 Å². The molecule has 1 saturated heterocycles. The van der Waals surface area contributed by atoms with Crippen molar-refractivity contribution in [1.82, 2.24) is 14.7 Å². The molecule has 2 aromatic carbocycles. The molecule has 2 aliphatic rings. The Labute approximate surface area is 173 Å². The summed E-state index contributed by atoms with van der Waals surface area (Å²) in [6, 6.07) is 13.6. The molecule has 0 spiro atoms. The van der Waals surface area contributed by atoms with Gasteiger partial charge in [-0.1, -0.05) is 24.3 Å². The topological polar surface area (TPSA) is 78.0 Å². The maximum absolute atomic E-state index is 12.7. The van der Waals surface area contributed by atoms with Gasteiger partial charge in [0.25, 0.3) is 17.7 Å². The summed E-state index contributed by atoms with van der Waals surface area (Å²) in [6.07, 6.45) is 0. The zero-order chi connectivity index (χ0) is 20.5. The second-order valence-corrected chi connectivity index (χ2v) is 7.41. The number of imide groups is 1. The van der Waals surface area contributed by atoms with Crippen molar-refractivity contribution in [2.75, 3.05) is 32.7 Å². The van der Waals surface area contributed by atoms with Gasteiger partial charge in [0.2, 0.25) is 5.91 Å². The summed E-state index contributed by atoms with van der Waals surface area (Å²) < 4.78 is 0. The van der Waals surface area contributed by atoms with Crippen molar-refractivity contribution in [2.45, 2.75) is 4.90 Å². The first-order valence-electron chi connectivity index (χ1n) is 9.27. The molecule has 4 rings (SSSR count). The maximum Gasteiger partial charge on any atom is 0.262 e. The summed E-state index contributed by atoms with van der Waals surface area (Å²) in [5.41, 5.74) is 1.18. The van der Waals surface area contributed by atoms with Crippen LogP contribution in [0.3, 0.4) is 0 Å². The zero-order valence-electron chi connectivity index (χ0n) is 15.6. The standard InChI is InChI=1S/C21H19N3O4S/c25-18(13-24-20(27)14-5-1-2-6-15(14)21(24)28)22-9-11-23(12-10-22)19(26)16-7-3-4-8-17(16)29/h1-8,29H,9-13H2. The molecule has 7 nitrogen and oxygen atoms in total. The third-order valence-corrected chi connectivity index (χ3v) is 5.62. The van der Waals surface area contributed by atoms with Crippen molar-refractivity contribution >= 4 is 36.3 Å². The van der Waals surface area contributed by atoms with Gasteiger partial charge in [-0.05, 0) is 24.3 Å². The SMILES string of the molecule is O=C(CN1C(=O)c2ccccc2C1=O)N1CCN(C(=O)c2ccccc2S)CC1. The lowest BCUT2D eigenvalue weighted by Crippen LogP contribution is -2.53. The van der Waals surface area contributed by atoms with E-state index in [9.17, 15) is 19.2 Å². The molecule has 4 amide bonds. The smallest absolute Gasteiger partial charge is 0.262 e. The summed E-state index contributed by atoms with van der Waals surface area (Å²) in [6.45, 7) is 1.17. The molecule has 8 heteroatoms. The molecule has 0 unspecified atom stereocenters. The van der Waals surface area contributed by atoms with E-state index < -0.39 is 11.8 Å². The largest absolute Gasteiger partial charge is 0.338 e. The number of nitrogens with zero attached hydrogens (tertiary/aromatic N) is 3. The number of carbonyl (C=O) groups excluding carboxylic acids is 4. The summed E-state index contributed by atoms with van der Waals surface area (Å²) >= 11 is 4.33. The van der Waals surface area contributed by atoms with Gasteiger partial charge < -0.3 is 9.80 Å². The van der Waals surface area contributed by atoms with Crippen molar-refractivity contribution in [3.8, 4) is 0 Å². The summed E-state index contributed by atoms with van der Waals surface area (Å²) in [7, 11) is 0. The molecule has 148 valence electrons. The number of piperazine rings is 1. The minimum absolute atomic E-state index is 0.122. The van der Waals surface area contributed by atoms with Crippen LogP contribution in [0, 0.1) is 0 Å². The highest BCUT2D eigenvalue weighted by Gasteiger charge is 2.37. The van der Waals surface area contributed by atoms with Crippen LogP contribution in [-0.2, 0) is 4.79 Å². The van der Waals surface area contributed by atoms with Crippen LogP contribution in [0.1, 0.15) is 31.1 Å². The lowest BCUT2D eigenvalue weighted by Gasteiger charge is -2.35. The third kappa shape index (κ3) is 3.51. The van der Waals surface area contributed by atoms with Crippen LogP contribution < -0.4 is 0 Å². The lowest BCUT2D eigenvalue weighted by atomic mass is 10.1. The molecule has 0 aromatic heterocycles. The highest BCUT2D eigenvalue weighted by Crippen LogP contribution is 2.22. The normalized spacial score (nSPS) is 16.2. The quantitative estimate of drug-likeness (QED) is 0.617. The molecule has 29 heavy (non-hydrogen) atoms. The van der Waals surface area contributed by atoms with E-state index in [0.717, 1.165) is 4.90 Å². The fourth-order valence-corrected chi connectivity index (χ4v) is 3.86. The van der Waals surface area contributed by atoms with Crippen LogP contribution in [0.4, 0.5) is 0 Å². The second-order valence-electron chi connectivity index (χ2n) is 6.93. The van der Waals surface area contributed by atoms with Gasteiger partial charge >= 0.3 is 0 Å². The second kappa shape index (κ2) is 7.71. The Hall–Kier alpha value is -3.13. The van der Waals surface area contributed by atoms with E-state index in [1.165, 1.54) is 0 Å². The molecule has 0 atom stereocenters. The molecule has 1 fully saturated rings. The molecule has 0 saturated carbocycles. The zero-order valence-corrected chi connectivity index (χ0v) is 16.5. The van der Waals surface area contributed by atoms with Crippen molar-refractivity contribution < 1.29 is 19.2 Å².